The average Bonchev–Trinajstić information content (AvgIpc) is 2.85. The summed E-state index contributed by atoms with van der Waals surface area (Å²) in [5.74, 6) is 0.00947. The summed E-state index contributed by atoms with van der Waals surface area (Å²) in [4.78, 5) is 18.1. The van der Waals surface area contributed by atoms with Gasteiger partial charge < -0.3 is 14.0 Å². The molecular formula is C14H19N3O2. The predicted molar refractivity (Wildman–Crippen MR) is 72.8 cm³/mol. The Kier molecular flexibility index (Phi) is 4.52. The van der Waals surface area contributed by atoms with Gasteiger partial charge in [-0.3, -0.25) is 4.79 Å². The van der Waals surface area contributed by atoms with E-state index in [1.807, 2.05) is 48.8 Å². The molecular weight excluding hydrogens is 242 g/mol. The van der Waals surface area contributed by atoms with Crippen LogP contribution in [0.1, 0.15) is 19.5 Å². The molecule has 0 spiro atoms. The second-order valence-electron chi connectivity index (χ2n) is 4.22. The van der Waals surface area contributed by atoms with Crippen molar-refractivity contribution in [2.75, 3.05) is 19.8 Å². The van der Waals surface area contributed by atoms with Crippen LogP contribution in [0.2, 0.25) is 0 Å². The van der Waals surface area contributed by atoms with E-state index in [4.69, 9.17) is 4.74 Å². The fourth-order valence-electron chi connectivity index (χ4n) is 1.95. The van der Waals surface area contributed by atoms with Crippen molar-refractivity contribution in [2.24, 2.45) is 0 Å². The van der Waals surface area contributed by atoms with Crippen molar-refractivity contribution in [3.8, 4) is 0 Å². The normalized spacial score (nSPS) is 10.8. The Balaban J connectivity index is 2.11. The van der Waals surface area contributed by atoms with E-state index in [1.54, 1.807) is 4.90 Å². The molecule has 0 saturated carbocycles. The zero-order chi connectivity index (χ0) is 13.7. The topological polar surface area (TPSA) is 46.8 Å². The smallest absolute Gasteiger partial charge is 0.248 e. The third-order valence-corrected chi connectivity index (χ3v) is 3.01. The molecule has 5 heteroatoms. The van der Waals surface area contributed by atoms with Gasteiger partial charge in [-0.15, -0.1) is 0 Å². The van der Waals surface area contributed by atoms with Gasteiger partial charge in [0.2, 0.25) is 5.91 Å². The summed E-state index contributed by atoms with van der Waals surface area (Å²) in [7, 11) is 0. The fourth-order valence-corrected chi connectivity index (χ4v) is 1.95. The minimum atomic E-state index is 0.00947. The molecule has 2 rings (SSSR count). The van der Waals surface area contributed by atoms with Crippen LogP contribution in [0, 0.1) is 0 Å². The van der Waals surface area contributed by atoms with Gasteiger partial charge in [0, 0.05) is 19.3 Å². The predicted octanol–water partition coefficient (Wildman–Crippen LogP) is 1.72. The van der Waals surface area contributed by atoms with Crippen LogP contribution in [-0.2, 0) is 16.1 Å². The van der Waals surface area contributed by atoms with E-state index in [0.717, 1.165) is 11.3 Å². The maximum Gasteiger partial charge on any atom is 0.248 e. The van der Waals surface area contributed by atoms with E-state index >= 15 is 0 Å². The van der Waals surface area contributed by atoms with E-state index in [9.17, 15) is 4.79 Å². The molecule has 5 nitrogen and oxygen atoms in total. The van der Waals surface area contributed by atoms with E-state index in [-0.39, 0.29) is 12.5 Å². The van der Waals surface area contributed by atoms with Crippen LogP contribution in [-0.4, -0.2) is 40.0 Å². The number of likely N-dealkylation sites (N-methyl/N-ethyl adjacent to an activating group) is 1. The Morgan fingerprint density at radius 1 is 1.42 bits per heavy atom. The quantitative estimate of drug-likeness (QED) is 0.795. The van der Waals surface area contributed by atoms with Crippen molar-refractivity contribution >= 4 is 11.6 Å². The summed E-state index contributed by atoms with van der Waals surface area (Å²) in [5, 5.41) is 0. The van der Waals surface area contributed by atoms with Crippen LogP contribution >= 0.6 is 0 Å². The van der Waals surface area contributed by atoms with Gasteiger partial charge in [0.15, 0.2) is 0 Å². The maximum atomic E-state index is 12.0. The van der Waals surface area contributed by atoms with Gasteiger partial charge in [0.05, 0.1) is 18.4 Å². The highest BCUT2D eigenvalue weighted by atomic mass is 16.5. The molecule has 0 N–H and O–H groups in total. The van der Waals surface area contributed by atoms with Gasteiger partial charge in [-0.1, -0.05) is 6.07 Å². The Bertz CT molecular complexity index is 550. The van der Waals surface area contributed by atoms with Crippen molar-refractivity contribution in [3.63, 3.8) is 0 Å². The number of carbonyl (C=O) groups is 1. The van der Waals surface area contributed by atoms with Crippen molar-refractivity contribution in [1.82, 2.24) is 14.3 Å². The molecule has 0 radical (unpaired) electrons. The van der Waals surface area contributed by atoms with Gasteiger partial charge in [-0.2, -0.15) is 0 Å². The molecule has 2 heterocycles. The molecule has 0 saturated heterocycles. The molecule has 1 amide bonds. The fraction of sp³-hybridized carbons (Fsp3) is 0.429. The lowest BCUT2D eigenvalue weighted by atomic mass is 10.3. The van der Waals surface area contributed by atoms with Crippen LogP contribution < -0.4 is 0 Å². The largest absolute Gasteiger partial charge is 0.372 e. The molecule has 0 aliphatic carbocycles. The summed E-state index contributed by atoms with van der Waals surface area (Å²) in [6.07, 6.45) is 3.77. The van der Waals surface area contributed by atoms with Crippen molar-refractivity contribution in [3.05, 3.63) is 36.3 Å². The van der Waals surface area contributed by atoms with Crippen molar-refractivity contribution in [2.45, 2.75) is 20.4 Å². The molecule has 0 aromatic carbocycles. The lowest BCUT2D eigenvalue weighted by Gasteiger charge is -2.20. The second-order valence-corrected chi connectivity index (χ2v) is 4.22. The highest BCUT2D eigenvalue weighted by Gasteiger charge is 2.14. The third-order valence-electron chi connectivity index (χ3n) is 3.01. The number of nitrogens with zero attached hydrogens (tertiary/aromatic N) is 3. The van der Waals surface area contributed by atoms with Crippen LogP contribution in [0.4, 0.5) is 0 Å². The Morgan fingerprint density at radius 2 is 2.26 bits per heavy atom. The van der Waals surface area contributed by atoms with Crippen LogP contribution in [0.15, 0.2) is 30.6 Å². The second kappa shape index (κ2) is 6.33. The summed E-state index contributed by atoms with van der Waals surface area (Å²) < 4.78 is 7.17. The Hall–Kier alpha value is -1.88. The first-order valence-electron chi connectivity index (χ1n) is 6.52. The molecule has 2 aromatic rings. The minimum Gasteiger partial charge on any atom is -0.372 e. The average molecular weight is 261 g/mol. The number of aromatic nitrogens is 2. The first-order valence-corrected chi connectivity index (χ1v) is 6.52. The summed E-state index contributed by atoms with van der Waals surface area (Å²) in [5.41, 5.74) is 1.90. The number of imidazole rings is 1. The van der Waals surface area contributed by atoms with E-state index in [2.05, 4.69) is 4.98 Å². The molecule has 0 aliphatic heterocycles. The van der Waals surface area contributed by atoms with Gasteiger partial charge in [-0.25, -0.2) is 4.98 Å². The number of fused-ring (bicyclic) bond motifs is 1. The van der Waals surface area contributed by atoms with Gasteiger partial charge in [0.1, 0.15) is 12.3 Å². The molecule has 0 atom stereocenters. The van der Waals surface area contributed by atoms with Gasteiger partial charge >= 0.3 is 0 Å². The van der Waals surface area contributed by atoms with Crippen molar-refractivity contribution in [1.29, 1.82) is 0 Å². The number of pyridine rings is 1. The van der Waals surface area contributed by atoms with Crippen molar-refractivity contribution < 1.29 is 9.53 Å². The number of hydrogen-bond acceptors (Lipinski definition) is 3. The highest BCUT2D eigenvalue weighted by molar-refractivity contribution is 5.77. The monoisotopic (exact) mass is 261 g/mol. The zero-order valence-electron chi connectivity index (χ0n) is 11.4. The lowest BCUT2D eigenvalue weighted by Crippen LogP contribution is -2.33. The van der Waals surface area contributed by atoms with E-state index in [1.165, 1.54) is 0 Å². The molecule has 0 bridgehead atoms. The minimum absolute atomic E-state index is 0.00947. The van der Waals surface area contributed by atoms with Gasteiger partial charge in [-0.05, 0) is 26.0 Å². The standard InChI is InChI=1S/C14H19N3O2/c1-3-16(14(18)11-19-4-2)10-12-9-15-13-7-5-6-8-17(12)13/h5-9H,3-4,10-11H2,1-2H3. The summed E-state index contributed by atoms with van der Waals surface area (Å²) >= 11 is 0. The SMILES string of the molecule is CCOCC(=O)N(CC)Cc1cnc2ccccn12. The van der Waals surface area contributed by atoms with Gasteiger partial charge in [0.25, 0.3) is 0 Å². The molecule has 2 aromatic heterocycles. The molecule has 19 heavy (non-hydrogen) atoms. The molecule has 0 fully saturated rings. The van der Waals surface area contributed by atoms with E-state index in [0.29, 0.717) is 19.7 Å². The first-order chi connectivity index (χ1) is 9.26. The molecule has 0 aliphatic rings. The van der Waals surface area contributed by atoms with Crippen LogP contribution in [0.5, 0.6) is 0 Å². The Morgan fingerprint density at radius 3 is 3.00 bits per heavy atom. The zero-order valence-corrected chi connectivity index (χ0v) is 11.4. The summed E-state index contributed by atoms with van der Waals surface area (Å²) in [6.45, 7) is 5.75. The molecule has 102 valence electrons. The number of hydrogen-bond donors (Lipinski definition) is 0. The van der Waals surface area contributed by atoms with Crippen LogP contribution in [0.25, 0.3) is 5.65 Å². The third kappa shape index (κ3) is 3.12. The number of amides is 1. The number of carbonyl (C=O) groups excluding carboxylic acids is 1. The first kappa shape index (κ1) is 13.5. The van der Waals surface area contributed by atoms with E-state index < -0.39 is 0 Å². The maximum absolute atomic E-state index is 12.0. The number of ether oxygens (including phenoxy) is 1. The van der Waals surface area contributed by atoms with Crippen LogP contribution in [0.3, 0.4) is 0 Å². The highest BCUT2D eigenvalue weighted by Crippen LogP contribution is 2.09. The number of rotatable bonds is 6. The lowest BCUT2D eigenvalue weighted by molar-refractivity contribution is -0.136. The summed E-state index contributed by atoms with van der Waals surface area (Å²) in [6, 6.07) is 5.85. The molecule has 0 unspecified atom stereocenters. The Labute approximate surface area is 112 Å².